The highest BCUT2D eigenvalue weighted by atomic mass is 15.1. The number of hydrogen-bond donors (Lipinski definition) is 3. The van der Waals surface area contributed by atoms with Crippen LogP contribution < -0.4 is 16.8 Å². The Morgan fingerprint density at radius 3 is 2.72 bits per heavy atom. The molecule has 4 aromatic heterocycles. The molecule has 144 valence electrons. The molecular weight excluding hydrogens is 366 g/mol. The Bertz CT molecular complexity index is 1240. The summed E-state index contributed by atoms with van der Waals surface area (Å²) < 4.78 is 2.01. The first-order valence-corrected chi connectivity index (χ1v) is 8.95. The van der Waals surface area contributed by atoms with Crippen LogP contribution in [0.3, 0.4) is 0 Å². The van der Waals surface area contributed by atoms with E-state index in [1.54, 1.807) is 6.20 Å². The number of nitriles is 1. The molecule has 0 radical (unpaired) electrons. The summed E-state index contributed by atoms with van der Waals surface area (Å²) in [6.07, 6.45) is 3.70. The number of nitrogens with two attached hydrogens (primary N) is 2. The molecule has 1 unspecified atom stereocenters. The highest BCUT2D eigenvalue weighted by Crippen LogP contribution is 2.31. The molecule has 0 aliphatic carbocycles. The third-order valence-electron chi connectivity index (χ3n) is 4.67. The number of nitrogens with zero attached hydrogens (tertiary/aromatic N) is 6. The predicted octanol–water partition coefficient (Wildman–Crippen LogP) is 2.63. The van der Waals surface area contributed by atoms with E-state index in [2.05, 4.69) is 26.3 Å². The molecule has 0 spiro atoms. The van der Waals surface area contributed by atoms with Gasteiger partial charge in [-0.3, -0.25) is 4.98 Å². The monoisotopic (exact) mass is 385 g/mol. The molecule has 5 N–H and O–H groups in total. The zero-order valence-electron chi connectivity index (χ0n) is 16.0. The van der Waals surface area contributed by atoms with Gasteiger partial charge in [0.1, 0.15) is 17.5 Å². The maximum atomic E-state index is 9.43. The van der Waals surface area contributed by atoms with Crippen LogP contribution in [-0.2, 0) is 7.05 Å². The topological polar surface area (TPSA) is 144 Å². The summed E-state index contributed by atoms with van der Waals surface area (Å²) in [4.78, 5) is 17.3. The van der Waals surface area contributed by atoms with E-state index in [4.69, 9.17) is 16.5 Å². The normalized spacial score (nSPS) is 11.9. The fourth-order valence-corrected chi connectivity index (χ4v) is 3.24. The first-order valence-electron chi connectivity index (χ1n) is 8.95. The van der Waals surface area contributed by atoms with Crippen molar-refractivity contribution in [3.05, 3.63) is 54.0 Å². The molecule has 9 nitrogen and oxygen atoms in total. The van der Waals surface area contributed by atoms with Crippen molar-refractivity contribution in [1.29, 1.82) is 5.26 Å². The van der Waals surface area contributed by atoms with E-state index in [-0.39, 0.29) is 29.2 Å². The maximum absolute atomic E-state index is 9.43. The third kappa shape index (κ3) is 3.27. The van der Waals surface area contributed by atoms with Crippen LogP contribution in [0.2, 0.25) is 0 Å². The molecule has 0 aliphatic heterocycles. The molecule has 1 atom stereocenters. The van der Waals surface area contributed by atoms with Crippen molar-refractivity contribution >= 4 is 28.6 Å². The Hall–Kier alpha value is -4.19. The molecule has 9 heteroatoms. The third-order valence-corrected chi connectivity index (χ3v) is 4.67. The first kappa shape index (κ1) is 18.2. The highest BCUT2D eigenvalue weighted by Gasteiger charge is 2.20. The quantitative estimate of drug-likeness (QED) is 0.486. The van der Waals surface area contributed by atoms with Crippen LogP contribution in [0.4, 0.5) is 17.6 Å². The zero-order valence-corrected chi connectivity index (χ0v) is 16.0. The smallest absolute Gasteiger partial charge is 0.224 e. The maximum Gasteiger partial charge on any atom is 0.224 e. The van der Waals surface area contributed by atoms with Gasteiger partial charge in [0, 0.05) is 25.0 Å². The van der Waals surface area contributed by atoms with Gasteiger partial charge in [0.05, 0.1) is 28.5 Å². The van der Waals surface area contributed by atoms with Gasteiger partial charge in [-0.15, -0.1) is 0 Å². The number of aryl methyl sites for hydroxylation is 1. The van der Waals surface area contributed by atoms with Crippen LogP contribution in [0.1, 0.15) is 24.2 Å². The summed E-state index contributed by atoms with van der Waals surface area (Å²) in [5.74, 6) is 0.297. The van der Waals surface area contributed by atoms with Crippen molar-refractivity contribution < 1.29 is 0 Å². The van der Waals surface area contributed by atoms with Crippen LogP contribution in [-0.4, -0.2) is 24.5 Å². The summed E-state index contributed by atoms with van der Waals surface area (Å²) >= 11 is 0. The van der Waals surface area contributed by atoms with E-state index in [0.717, 1.165) is 28.0 Å². The lowest BCUT2D eigenvalue weighted by atomic mass is 10.0. The largest absolute Gasteiger partial charge is 0.382 e. The van der Waals surface area contributed by atoms with Crippen LogP contribution in [0, 0.1) is 11.3 Å². The van der Waals surface area contributed by atoms with Gasteiger partial charge in [-0.2, -0.15) is 15.2 Å². The van der Waals surface area contributed by atoms with E-state index in [0.29, 0.717) is 0 Å². The van der Waals surface area contributed by atoms with Gasteiger partial charge in [0.2, 0.25) is 5.95 Å². The van der Waals surface area contributed by atoms with Crippen molar-refractivity contribution in [1.82, 2.24) is 24.5 Å². The standard InChI is InChI=1S/C20H19N9/c1-11(25-19-13(10-21)18(22)27-20(23)28-19)17-12(14-5-3-4-7-24-14)9-16-15(26-17)6-8-29(16)2/h3-9,11H,1-2H3,(H5,22,23,25,27,28). The molecule has 0 aromatic carbocycles. The van der Waals surface area contributed by atoms with Gasteiger partial charge >= 0.3 is 0 Å². The number of nitrogen functional groups attached to an aromatic ring is 2. The molecule has 0 saturated heterocycles. The fraction of sp³-hybridized carbons (Fsp3) is 0.150. The lowest BCUT2D eigenvalue weighted by Gasteiger charge is -2.19. The molecule has 4 rings (SSSR count). The number of fused-ring (bicyclic) bond motifs is 1. The lowest BCUT2D eigenvalue weighted by molar-refractivity contribution is 0.838. The molecule has 4 aromatic rings. The molecule has 4 heterocycles. The molecule has 0 aliphatic rings. The average Bonchev–Trinajstić information content (AvgIpc) is 3.07. The zero-order chi connectivity index (χ0) is 20.5. The summed E-state index contributed by atoms with van der Waals surface area (Å²) in [6.45, 7) is 1.93. The molecule has 29 heavy (non-hydrogen) atoms. The second kappa shape index (κ2) is 7.09. The Kier molecular flexibility index (Phi) is 4.44. The minimum Gasteiger partial charge on any atom is -0.382 e. The van der Waals surface area contributed by atoms with E-state index in [1.165, 1.54) is 0 Å². The SMILES string of the molecule is CC(Nc1nc(N)nc(N)c1C#N)c1nc2ccn(C)c2cc1-c1ccccn1. The number of rotatable bonds is 4. The van der Waals surface area contributed by atoms with Gasteiger partial charge in [0.25, 0.3) is 0 Å². The van der Waals surface area contributed by atoms with Crippen LogP contribution in [0.25, 0.3) is 22.3 Å². The van der Waals surface area contributed by atoms with E-state index in [1.807, 2.05) is 55.1 Å². The van der Waals surface area contributed by atoms with E-state index < -0.39 is 0 Å². The number of nitrogens with one attached hydrogen (secondary N) is 1. The fourth-order valence-electron chi connectivity index (χ4n) is 3.24. The van der Waals surface area contributed by atoms with Gasteiger partial charge < -0.3 is 21.4 Å². The second-order valence-corrected chi connectivity index (χ2v) is 6.64. The van der Waals surface area contributed by atoms with Gasteiger partial charge in [-0.1, -0.05) is 6.07 Å². The number of hydrogen-bond acceptors (Lipinski definition) is 8. The van der Waals surface area contributed by atoms with Crippen LogP contribution >= 0.6 is 0 Å². The Morgan fingerprint density at radius 1 is 1.17 bits per heavy atom. The lowest BCUT2D eigenvalue weighted by Crippen LogP contribution is -2.15. The average molecular weight is 385 g/mol. The summed E-state index contributed by atoms with van der Waals surface area (Å²) in [7, 11) is 1.97. The van der Waals surface area contributed by atoms with Gasteiger partial charge in [-0.05, 0) is 31.2 Å². The molecule has 0 bridgehead atoms. The van der Waals surface area contributed by atoms with Gasteiger partial charge in [-0.25, -0.2) is 4.98 Å². The number of pyridine rings is 2. The Morgan fingerprint density at radius 2 is 2.00 bits per heavy atom. The Balaban J connectivity index is 1.84. The minimum absolute atomic E-state index is 0.00683. The van der Waals surface area contributed by atoms with Crippen molar-refractivity contribution in [2.24, 2.45) is 7.05 Å². The highest BCUT2D eigenvalue weighted by molar-refractivity contribution is 5.82. The van der Waals surface area contributed by atoms with Crippen LogP contribution in [0.15, 0.2) is 42.7 Å². The van der Waals surface area contributed by atoms with Crippen molar-refractivity contribution in [2.45, 2.75) is 13.0 Å². The molecule has 0 fully saturated rings. The first-order chi connectivity index (χ1) is 14.0. The molecule has 0 saturated carbocycles. The number of anilines is 3. The molecule has 0 amide bonds. The van der Waals surface area contributed by atoms with Crippen molar-refractivity contribution in [3.63, 3.8) is 0 Å². The Labute approximate surface area is 167 Å². The molecular formula is C20H19N9. The van der Waals surface area contributed by atoms with Crippen molar-refractivity contribution in [3.8, 4) is 17.3 Å². The summed E-state index contributed by atoms with van der Waals surface area (Å²) in [5.41, 5.74) is 16.0. The van der Waals surface area contributed by atoms with Crippen LogP contribution in [0.5, 0.6) is 0 Å². The van der Waals surface area contributed by atoms with E-state index in [9.17, 15) is 5.26 Å². The summed E-state index contributed by atoms with van der Waals surface area (Å²) in [6, 6.07) is 11.5. The predicted molar refractivity (Wildman–Crippen MR) is 112 cm³/mol. The second-order valence-electron chi connectivity index (χ2n) is 6.64. The number of aromatic nitrogens is 5. The van der Waals surface area contributed by atoms with E-state index >= 15 is 0 Å². The van der Waals surface area contributed by atoms with Crippen molar-refractivity contribution in [2.75, 3.05) is 16.8 Å². The minimum atomic E-state index is -0.308. The van der Waals surface area contributed by atoms with Gasteiger partial charge in [0.15, 0.2) is 5.82 Å². The summed E-state index contributed by atoms with van der Waals surface area (Å²) in [5, 5.41) is 12.6.